The molecule has 3 amide bonds. The Labute approximate surface area is 199 Å². The van der Waals surface area contributed by atoms with E-state index in [9.17, 15) is 14.4 Å². The number of thioether (sulfide) groups is 3. The van der Waals surface area contributed by atoms with Gasteiger partial charge in [-0.05, 0) is 29.5 Å². The Morgan fingerprint density at radius 1 is 1.06 bits per heavy atom. The number of rotatable bonds is 8. The molecule has 0 atom stereocenters. The normalized spacial score (nSPS) is 17.9. The smallest absolute Gasteiger partial charge is 0.293 e. The molecular weight excluding hydrogens is 464 g/mol. The van der Waals surface area contributed by atoms with Crippen LogP contribution in [0.5, 0.6) is 5.75 Å². The van der Waals surface area contributed by atoms with Gasteiger partial charge in [-0.15, -0.1) is 23.5 Å². The summed E-state index contributed by atoms with van der Waals surface area (Å²) >= 11 is 4.67. The van der Waals surface area contributed by atoms with Crippen molar-refractivity contribution in [2.75, 3.05) is 31.2 Å². The van der Waals surface area contributed by atoms with Crippen LogP contribution in [0.1, 0.15) is 15.7 Å². The molecule has 32 heavy (non-hydrogen) atoms. The summed E-state index contributed by atoms with van der Waals surface area (Å²) in [6.07, 6.45) is 1.70. The summed E-state index contributed by atoms with van der Waals surface area (Å²) in [6, 6.07) is 17.2. The van der Waals surface area contributed by atoms with E-state index in [2.05, 4.69) is 5.32 Å². The lowest BCUT2D eigenvalue weighted by molar-refractivity contribution is -0.125. The first kappa shape index (κ1) is 22.8. The Bertz CT molecular complexity index is 1020. The summed E-state index contributed by atoms with van der Waals surface area (Å²) in [5.41, 5.74) is 1.95. The first-order valence-electron chi connectivity index (χ1n) is 10.1. The van der Waals surface area contributed by atoms with E-state index < -0.39 is 0 Å². The molecule has 0 radical (unpaired) electrons. The molecule has 4 rings (SSSR count). The van der Waals surface area contributed by atoms with Crippen LogP contribution in [0.15, 0.2) is 59.5 Å². The largest absolute Gasteiger partial charge is 0.483 e. The zero-order valence-electron chi connectivity index (χ0n) is 17.2. The summed E-state index contributed by atoms with van der Waals surface area (Å²) in [4.78, 5) is 38.5. The number of hydrogen-bond acceptors (Lipinski definition) is 7. The number of imide groups is 1. The lowest BCUT2D eigenvalue weighted by Gasteiger charge is -2.16. The molecule has 2 aromatic carbocycles. The monoisotopic (exact) mass is 486 g/mol. The molecule has 166 valence electrons. The predicted octanol–water partition coefficient (Wildman–Crippen LogP) is 4.40. The van der Waals surface area contributed by atoms with Crippen molar-refractivity contribution in [1.82, 2.24) is 10.2 Å². The number of ether oxygens (including phenoxy) is 1. The van der Waals surface area contributed by atoms with Crippen LogP contribution < -0.4 is 10.1 Å². The molecule has 0 unspecified atom stereocenters. The fourth-order valence-electron chi connectivity index (χ4n) is 3.24. The summed E-state index contributed by atoms with van der Waals surface area (Å²) in [5.74, 6) is 2.30. The van der Waals surface area contributed by atoms with Crippen LogP contribution in [0.2, 0.25) is 0 Å². The standard InChI is InChI=1S/C23H22N2O4S3/c26-20(15-29-18-9-5-4-8-17(18)22-30-12-13-31-22)24-10-11-25-21(27)19(32-23(25)28)14-16-6-2-1-3-7-16/h1-9,14,22H,10-13,15H2,(H,24,26)/b19-14-. The quantitative estimate of drug-likeness (QED) is 0.555. The topological polar surface area (TPSA) is 75.7 Å². The number of carbonyl (C=O) groups excluding carboxylic acids is 3. The number of carbonyl (C=O) groups is 3. The fraction of sp³-hybridized carbons (Fsp3) is 0.261. The number of para-hydroxylation sites is 1. The summed E-state index contributed by atoms with van der Waals surface area (Å²) in [6.45, 7) is 0.179. The van der Waals surface area contributed by atoms with Crippen molar-refractivity contribution in [3.05, 3.63) is 70.6 Å². The van der Waals surface area contributed by atoms with Crippen LogP contribution in [0.4, 0.5) is 4.79 Å². The van der Waals surface area contributed by atoms with Gasteiger partial charge in [0.25, 0.3) is 17.1 Å². The van der Waals surface area contributed by atoms with Gasteiger partial charge in [0.2, 0.25) is 0 Å². The van der Waals surface area contributed by atoms with Crippen LogP contribution in [0.3, 0.4) is 0 Å². The van der Waals surface area contributed by atoms with E-state index in [1.165, 1.54) is 0 Å². The Morgan fingerprint density at radius 3 is 2.56 bits per heavy atom. The minimum Gasteiger partial charge on any atom is -0.483 e. The number of benzene rings is 2. The van der Waals surface area contributed by atoms with E-state index in [1.54, 1.807) is 6.08 Å². The van der Waals surface area contributed by atoms with Crippen LogP contribution in [0, 0.1) is 0 Å². The first-order valence-corrected chi connectivity index (χ1v) is 13.1. The Balaban J connectivity index is 1.25. The minimum absolute atomic E-state index is 0.116. The van der Waals surface area contributed by atoms with Crippen molar-refractivity contribution in [1.29, 1.82) is 0 Å². The van der Waals surface area contributed by atoms with Crippen LogP contribution >= 0.6 is 35.3 Å². The highest BCUT2D eigenvalue weighted by molar-refractivity contribution is 8.19. The molecule has 0 saturated carbocycles. The Morgan fingerprint density at radius 2 is 1.78 bits per heavy atom. The molecule has 9 heteroatoms. The molecule has 0 aliphatic carbocycles. The average molecular weight is 487 g/mol. The SMILES string of the molecule is O=C(COc1ccccc1C1SCCS1)NCCN1C(=O)S/C(=C\c2ccccc2)C1=O. The molecule has 6 nitrogen and oxygen atoms in total. The second-order valence-electron chi connectivity index (χ2n) is 6.99. The van der Waals surface area contributed by atoms with Gasteiger partial charge >= 0.3 is 0 Å². The van der Waals surface area contributed by atoms with Gasteiger partial charge in [-0.1, -0.05) is 48.5 Å². The van der Waals surface area contributed by atoms with Crippen molar-refractivity contribution in [3.63, 3.8) is 0 Å². The third-order valence-corrected chi connectivity index (χ3v) is 8.76. The lowest BCUT2D eigenvalue weighted by Crippen LogP contribution is -2.38. The van der Waals surface area contributed by atoms with Crippen molar-refractivity contribution in [2.24, 2.45) is 0 Å². The maximum absolute atomic E-state index is 12.5. The van der Waals surface area contributed by atoms with Crippen molar-refractivity contribution >= 4 is 58.4 Å². The van der Waals surface area contributed by atoms with Gasteiger partial charge in [-0.25, -0.2) is 0 Å². The second kappa shape index (κ2) is 11.0. The molecule has 2 saturated heterocycles. The molecule has 1 N–H and O–H groups in total. The number of amides is 3. The van der Waals surface area contributed by atoms with Gasteiger partial charge in [0.15, 0.2) is 6.61 Å². The third kappa shape index (κ3) is 5.70. The van der Waals surface area contributed by atoms with E-state index in [4.69, 9.17) is 4.74 Å². The van der Waals surface area contributed by atoms with Gasteiger partial charge in [0, 0.05) is 30.2 Å². The van der Waals surface area contributed by atoms with E-state index in [0.29, 0.717) is 15.2 Å². The van der Waals surface area contributed by atoms with Gasteiger partial charge in [0.05, 0.1) is 9.49 Å². The van der Waals surface area contributed by atoms with Crippen molar-refractivity contribution < 1.29 is 19.1 Å². The maximum Gasteiger partial charge on any atom is 0.293 e. The van der Waals surface area contributed by atoms with E-state index in [0.717, 1.165) is 39.3 Å². The molecule has 0 aromatic heterocycles. The molecule has 0 bridgehead atoms. The van der Waals surface area contributed by atoms with Crippen LogP contribution in [0.25, 0.3) is 6.08 Å². The highest BCUT2D eigenvalue weighted by Gasteiger charge is 2.34. The van der Waals surface area contributed by atoms with E-state index >= 15 is 0 Å². The Hall–Kier alpha value is -2.36. The minimum atomic E-state index is -0.338. The van der Waals surface area contributed by atoms with Gasteiger partial charge < -0.3 is 10.1 Å². The number of nitrogens with one attached hydrogen (secondary N) is 1. The zero-order valence-corrected chi connectivity index (χ0v) is 19.6. The first-order chi connectivity index (χ1) is 15.6. The Kier molecular flexibility index (Phi) is 7.83. The van der Waals surface area contributed by atoms with Crippen molar-refractivity contribution in [3.8, 4) is 5.75 Å². The molecule has 2 aliphatic rings. The zero-order chi connectivity index (χ0) is 22.3. The second-order valence-corrected chi connectivity index (χ2v) is 10.7. The third-order valence-electron chi connectivity index (χ3n) is 4.78. The molecule has 0 spiro atoms. The molecule has 2 aromatic rings. The molecule has 2 heterocycles. The number of hydrogen-bond donors (Lipinski definition) is 1. The summed E-state index contributed by atoms with van der Waals surface area (Å²) in [5, 5.41) is 2.39. The predicted molar refractivity (Wildman–Crippen MR) is 132 cm³/mol. The molecular formula is C23H22N2O4S3. The highest BCUT2D eigenvalue weighted by Crippen LogP contribution is 2.48. The number of nitrogens with zero attached hydrogens (tertiary/aromatic N) is 1. The van der Waals surface area contributed by atoms with Crippen molar-refractivity contribution in [2.45, 2.75) is 4.58 Å². The van der Waals surface area contributed by atoms with Gasteiger partial charge in [-0.3, -0.25) is 19.3 Å². The fourth-order valence-corrected chi connectivity index (χ4v) is 7.01. The van der Waals surface area contributed by atoms with E-state index in [1.807, 2.05) is 78.1 Å². The van der Waals surface area contributed by atoms with Gasteiger partial charge in [0.1, 0.15) is 5.75 Å². The highest BCUT2D eigenvalue weighted by atomic mass is 32.2. The average Bonchev–Trinajstić information content (AvgIpc) is 3.43. The lowest BCUT2D eigenvalue weighted by atomic mass is 10.2. The maximum atomic E-state index is 12.5. The van der Waals surface area contributed by atoms with Crippen LogP contribution in [-0.2, 0) is 9.59 Å². The molecule has 2 aliphatic heterocycles. The molecule has 2 fully saturated rings. The van der Waals surface area contributed by atoms with E-state index in [-0.39, 0.29) is 36.7 Å². The summed E-state index contributed by atoms with van der Waals surface area (Å²) < 4.78 is 6.09. The van der Waals surface area contributed by atoms with Crippen LogP contribution in [-0.4, -0.2) is 53.2 Å². The summed E-state index contributed by atoms with van der Waals surface area (Å²) in [7, 11) is 0. The van der Waals surface area contributed by atoms with Gasteiger partial charge in [-0.2, -0.15) is 0 Å².